The largest absolute Gasteiger partial charge is 0.459 e. The Kier molecular flexibility index (Phi) is 3.64. The van der Waals surface area contributed by atoms with Gasteiger partial charge in [-0.1, -0.05) is 17.8 Å². The second kappa shape index (κ2) is 4.76. The van der Waals surface area contributed by atoms with Crippen molar-refractivity contribution in [1.29, 1.82) is 0 Å². The highest BCUT2D eigenvalue weighted by Gasteiger charge is 2.30. The molecule has 1 rings (SSSR count). The summed E-state index contributed by atoms with van der Waals surface area (Å²) in [5.74, 6) is -0.482. The Hall–Kier alpha value is -1.36. The van der Waals surface area contributed by atoms with E-state index in [0.29, 0.717) is 5.71 Å². The van der Waals surface area contributed by atoms with E-state index in [1.165, 1.54) is 6.08 Å². The molecular formula is C9H13NO4. The average Bonchev–Trinajstić information content (AvgIpc) is 2.62. The zero-order chi connectivity index (χ0) is 10.6. The number of oxime groups is 1. The fourth-order valence-corrected chi connectivity index (χ4v) is 1.00. The predicted octanol–water partition coefficient (Wildman–Crippen LogP) is 0.241. The van der Waals surface area contributed by atoms with Crippen LogP contribution in [-0.2, 0) is 14.4 Å². The highest BCUT2D eigenvalue weighted by Crippen LogP contribution is 2.14. The van der Waals surface area contributed by atoms with E-state index in [9.17, 15) is 4.79 Å². The Bertz CT molecular complexity index is 260. The first-order valence-electron chi connectivity index (χ1n) is 4.33. The predicted molar refractivity (Wildman–Crippen MR) is 49.8 cm³/mol. The molecule has 1 N–H and O–H groups in total. The molecule has 0 bridgehead atoms. The molecule has 5 nitrogen and oxygen atoms in total. The molecule has 14 heavy (non-hydrogen) atoms. The van der Waals surface area contributed by atoms with Gasteiger partial charge in [-0.3, -0.25) is 0 Å². The van der Waals surface area contributed by atoms with Crippen molar-refractivity contribution in [3.8, 4) is 0 Å². The van der Waals surface area contributed by atoms with E-state index in [1.54, 1.807) is 6.92 Å². The van der Waals surface area contributed by atoms with E-state index in [0.717, 1.165) is 0 Å². The van der Waals surface area contributed by atoms with Crippen LogP contribution in [0.15, 0.2) is 17.8 Å². The number of hydrogen-bond acceptors (Lipinski definition) is 5. The molecule has 0 aromatic carbocycles. The third-order valence-electron chi connectivity index (χ3n) is 1.78. The summed E-state index contributed by atoms with van der Waals surface area (Å²) in [6.07, 6.45) is 0.350. The number of rotatable bonds is 4. The molecule has 0 unspecified atom stereocenters. The molecule has 0 saturated heterocycles. The summed E-state index contributed by atoms with van der Waals surface area (Å²) in [6, 6.07) is 0. The molecule has 0 radical (unpaired) electrons. The number of carbonyl (C=O) groups excluding carboxylic acids is 1. The minimum absolute atomic E-state index is 0.155. The lowest BCUT2D eigenvalue weighted by Crippen LogP contribution is -2.25. The molecule has 0 aromatic heterocycles. The summed E-state index contributed by atoms with van der Waals surface area (Å²) in [5, 5.41) is 12.7. The summed E-state index contributed by atoms with van der Waals surface area (Å²) in [7, 11) is 0. The first kappa shape index (κ1) is 10.7. The maximum absolute atomic E-state index is 11.2. The Labute approximate surface area is 82.0 Å². The Morgan fingerprint density at radius 2 is 2.71 bits per heavy atom. The zero-order valence-corrected chi connectivity index (χ0v) is 7.97. The third kappa shape index (κ3) is 2.56. The highest BCUT2D eigenvalue weighted by molar-refractivity contribution is 5.93. The van der Waals surface area contributed by atoms with Gasteiger partial charge in [-0.05, 0) is 6.92 Å². The van der Waals surface area contributed by atoms with E-state index in [1.807, 2.05) is 0 Å². The van der Waals surface area contributed by atoms with Crippen molar-refractivity contribution < 1.29 is 19.5 Å². The number of nitrogens with zero attached hydrogens (tertiary/aromatic N) is 1. The number of carbonyl (C=O) groups is 1. The molecule has 0 amide bonds. The first-order valence-corrected chi connectivity index (χ1v) is 4.33. The number of aliphatic hydroxyl groups is 1. The molecule has 0 aromatic rings. The normalized spacial score (nSPS) is 22.1. The smallest absolute Gasteiger partial charge is 0.350 e. The molecule has 1 aliphatic heterocycles. The standard InChI is InChI=1S/C9H13NO4/c1-3-4-13-9(12)8-5-7(6(2)11)10-14-8/h3,6,8,11H,1,4-5H2,2H3/t6-,8-/m0/s1. The molecule has 2 atom stereocenters. The van der Waals surface area contributed by atoms with Crippen LogP contribution in [0.25, 0.3) is 0 Å². The molecule has 78 valence electrons. The maximum Gasteiger partial charge on any atom is 0.350 e. The Morgan fingerprint density at radius 3 is 3.21 bits per heavy atom. The zero-order valence-electron chi connectivity index (χ0n) is 7.97. The second-order valence-corrected chi connectivity index (χ2v) is 2.98. The third-order valence-corrected chi connectivity index (χ3v) is 1.78. The molecule has 5 heteroatoms. The molecule has 1 heterocycles. The minimum Gasteiger partial charge on any atom is -0.459 e. The summed E-state index contributed by atoms with van der Waals surface area (Å²) < 4.78 is 4.77. The lowest BCUT2D eigenvalue weighted by Gasteiger charge is -2.06. The highest BCUT2D eigenvalue weighted by atomic mass is 16.7. The van der Waals surface area contributed by atoms with Crippen molar-refractivity contribution >= 4 is 11.7 Å². The number of aliphatic hydroxyl groups excluding tert-OH is 1. The first-order chi connectivity index (χ1) is 6.65. The van der Waals surface area contributed by atoms with Gasteiger partial charge in [-0.25, -0.2) is 4.79 Å². The SMILES string of the molecule is C=CCOC(=O)[C@@H]1CC([C@H](C)O)=NO1. The molecule has 0 aliphatic carbocycles. The van der Waals surface area contributed by atoms with Crippen LogP contribution in [0.2, 0.25) is 0 Å². The Morgan fingerprint density at radius 1 is 2.00 bits per heavy atom. The van der Waals surface area contributed by atoms with Gasteiger partial charge in [-0.15, -0.1) is 0 Å². The fourth-order valence-electron chi connectivity index (χ4n) is 1.00. The van der Waals surface area contributed by atoms with Crippen LogP contribution in [0, 0.1) is 0 Å². The van der Waals surface area contributed by atoms with Crippen LogP contribution in [0.4, 0.5) is 0 Å². The molecule has 0 fully saturated rings. The topological polar surface area (TPSA) is 68.1 Å². The second-order valence-electron chi connectivity index (χ2n) is 2.98. The van der Waals surface area contributed by atoms with Gasteiger partial charge in [0.1, 0.15) is 6.61 Å². The number of ether oxygens (including phenoxy) is 1. The van der Waals surface area contributed by atoms with Gasteiger partial charge in [0, 0.05) is 6.42 Å². The number of esters is 1. The molecule has 1 aliphatic rings. The molecule has 0 spiro atoms. The van der Waals surface area contributed by atoms with Crippen molar-refractivity contribution in [1.82, 2.24) is 0 Å². The van der Waals surface area contributed by atoms with Crippen molar-refractivity contribution in [3.05, 3.63) is 12.7 Å². The van der Waals surface area contributed by atoms with Crippen LogP contribution >= 0.6 is 0 Å². The lowest BCUT2D eigenvalue weighted by molar-refractivity contribution is -0.154. The van der Waals surface area contributed by atoms with Gasteiger partial charge in [0.15, 0.2) is 0 Å². The summed E-state index contributed by atoms with van der Waals surface area (Å²) >= 11 is 0. The molecule has 0 saturated carbocycles. The van der Waals surface area contributed by atoms with Gasteiger partial charge in [0.2, 0.25) is 6.10 Å². The lowest BCUT2D eigenvalue weighted by atomic mass is 10.1. The van der Waals surface area contributed by atoms with Gasteiger partial charge < -0.3 is 14.7 Å². The van der Waals surface area contributed by atoms with Crippen molar-refractivity contribution in [2.24, 2.45) is 5.16 Å². The van der Waals surface area contributed by atoms with Crippen LogP contribution in [-0.4, -0.2) is 35.6 Å². The van der Waals surface area contributed by atoms with E-state index in [2.05, 4.69) is 11.7 Å². The van der Waals surface area contributed by atoms with E-state index in [-0.39, 0.29) is 13.0 Å². The van der Waals surface area contributed by atoms with Crippen molar-refractivity contribution in [2.75, 3.05) is 6.61 Å². The van der Waals surface area contributed by atoms with Crippen LogP contribution in [0.1, 0.15) is 13.3 Å². The van der Waals surface area contributed by atoms with E-state index >= 15 is 0 Å². The summed E-state index contributed by atoms with van der Waals surface area (Å²) in [6.45, 7) is 5.14. The minimum atomic E-state index is -0.723. The van der Waals surface area contributed by atoms with Gasteiger partial charge in [-0.2, -0.15) is 0 Å². The average molecular weight is 199 g/mol. The van der Waals surface area contributed by atoms with Gasteiger partial charge >= 0.3 is 5.97 Å². The van der Waals surface area contributed by atoms with Gasteiger partial charge in [0.25, 0.3) is 0 Å². The summed E-state index contributed by atoms with van der Waals surface area (Å²) in [4.78, 5) is 16.0. The monoisotopic (exact) mass is 199 g/mol. The quantitative estimate of drug-likeness (QED) is 0.520. The van der Waals surface area contributed by atoms with Crippen LogP contribution < -0.4 is 0 Å². The Balaban J connectivity index is 2.37. The summed E-state index contributed by atoms with van der Waals surface area (Å²) in [5.41, 5.74) is 0.463. The van der Waals surface area contributed by atoms with Crippen molar-refractivity contribution in [2.45, 2.75) is 25.6 Å². The van der Waals surface area contributed by atoms with Crippen LogP contribution in [0.3, 0.4) is 0 Å². The van der Waals surface area contributed by atoms with E-state index in [4.69, 9.17) is 14.7 Å². The number of hydrogen-bond donors (Lipinski definition) is 1. The van der Waals surface area contributed by atoms with Crippen LogP contribution in [0.5, 0.6) is 0 Å². The van der Waals surface area contributed by atoms with Crippen molar-refractivity contribution in [3.63, 3.8) is 0 Å². The molecular weight excluding hydrogens is 186 g/mol. The fraction of sp³-hybridized carbons (Fsp3) is 0.556. The maximum atomic E-state index is 11.2. The van der Waals surface area contributed by atoms with Gasteiger partial charge in [0.05, 0.1) is 11.8 Å². The van der Waals surface area contributed by atoms with E-state index < -0.39 is 18.2 Å².